The van der Waals surface area contributed by atoms with Crippen LogP contribution >= 0.6 is 0 Å². The predicted molar refractivity (Wildman–Crippen MR) is 89.7 cm³/mol. The van der Waals surface area contributed by atoms with E-state index in [9.17, 15) is 0 Å². The molecule has 4 atom stereocenters. The van der Waals surface area contributed by atoms with Gasteiger partial charge in [-0.25, -0.2) is 0 Å². The molecule has 4 unspecified atom stereocenters. The van der Waals surface area contributed by atoms with Crippen molar-refractivity contribution in [3.63, 3.8) is 0 Å². The second kappa shape index (κ2) is 4.58. The normalized spacial score (nSPS) is 28.3. The first-order chi connectivity index (χ1) is 10.4. The van der Waals surface area contributed by atoms with Crippen molar-refractivity contribution in [2.75, 3.05) is 5.32 Å². The number of nitrogens with one attached hydrogen (secondary N) is 1. The molecule has 1 N–H and O–H groups in total. The van der Waals surface area contributed by atoms with Crippen LogP contribution in [0.2, 0.25) is 0 Å². The molecule has 0 saturated carbocycles. The molecule has 2 aliphatic rings. The molecule has 5 heteroatoms. The summed E-state index contributed by atoms with van der Waals surface area (Å²) in [5.74, 6) is 2.90. The van der Waals surface area contributed by atoms with Crippen molar-refractivity contribution in [1.82, 2.24) is 9.55 Å². The first-order valence-electron chi connectivity index (χ1n) is 8.23. The van der Waals surface area contributed by atoms with Gasteiger partial charge in [-0.15, -0.1) is 6.54 Å². The Morgan fingerprint density at radius 2 is 1.83 bits per heavy atom. The summed E-state index contributed by atoms with van der Waals surface area (Å²) in [7, 11) is 0. The van der Waals surface area contributed by atoms with Crippen LogP contribution in [0.5, 0.6) is 5.75 Å². The first-order valence-corrected chi connectivity index (χ1v) is 8.23. The third kappa shape index (κ3) is 1.73. The summed E-state index contributed by atoms with van der Waals surface area (Å²) < 4.78 is 8.42. The maximum atomic E-state index is 6.17. The SMILES string of the molecule is Cc1c2c(c3c(nc4n3[CH-]C(C)C(C)N4)c1C)C(C)C(C)O2.[Rf]. The molecule has 3 heterocycles. The van der Waals surface area contributed by atoms with Gasteiger partial charge in [-0.1, -0.05) is 13.8 Å². The number of anilines is 1. The van der Waals surface area contributed by atoms with E-state index in [1.807, 2.05) is 0 Å². The van der Waals surface area contributed by atoms with Crippen molar-refractivity contribution in [3.05, 3.63) is 23.2 Å². The quantitative estimate of drug-likeness (QED) is 0.492. The molecule has 0 radical (unpaired) electrons. The topological polar surface area (TPSA) is 39.1 Å². The monoisotopic (exact) mass is 565 g/mol. The van der Waals surface area contributed by atoms with Crippen LogP contribution < -0.4 is 10.1 Å². The summed E-state index contributed by atoms with van der Waals surface area (Å²) in [6, 6.07) is 0.409. The molecule has 23 heavy (non-hydrogen) atoms. The average Bonchev–Trinajstić information content (AvgIpc) is 2.96. The summed E-state index contributed by atoms with van der Waals surface area (Å²) in [6.45, 7) is 15.5. The number of imidazole rings is 1. The van der Waals surface area contributed by atoms with Crippen molar-refractivity contribution in [2.45, 2.75) is 59.6 Å². The van der Waals surface area contributed by atoms with E-state index < -0.39 is 0 Å². The van der Waals surface area contributed by atoms with Crippen molar-refractivity contribution < 1.29 is 4.74 Å². The molecule has 2 aliphatic heterocycles. The minimum absolute atomic E-state index is 0. The van der Waals surface area contributed by atoms with Crippen LogP contribution in [0.1, 0.15) is 50.3 Å². The van der Waals surface area contributed by atoms with E-state index in [4.69, 9.17) is 9.72 Å². The minimum atomic E-state index is 0. The van der Waals surface area contributed by atoms with Gasteiger partial charge in [0, 0.05) is 17.5 Å². The zero-order valence-corrected chi connectivity index (χ0v) is 21.3. The molecule has 0 aliphatic carbocycles. The maximum absolute atomic E-state index is 6.17. The summed E-state index contributed by atoms with van der Waals surface area (Å²) in [6.07, 6.45) is 0.220. The maximum Gasteiger partial charge on any atom is 0.116 e. The van der Waals surface area contributed by atoms with E-state index in [0.717, 1.165) is 17.2 Å². The van der Waals surface area contributed by atoms with Crippen LogP contribution in [0.4, 0.5) is 5.95 Å². The van der Waals surface area contributed by atoms with Gasteiger partial charge in [0.2, 0.25) is 0 Å². The first kappa shape index (κ1) is 15.1. The average molecular weight is 565 g/mol. The number of hydrogen-bond donors (Lipinski definition) is 1. The fraction of sp³-hybridized carbons (Fsp3) is 0.556. The van der Waals surface area contributed by atoms with Gasteiger partial charge < -0.3 is 14.6 Å². The zero-order valence-electron chi connectivity index (χ0n) is 14.9. The molecule has 120 valence electrons. The predicted octanol–water partition coefficient (Wildman–Crippen LogP) is 4.00. The van der Waals surface area contributed by atoms with E-state index in [1.165, 1.54) is 22.2 Å². The molecule has 0 spiro atoms. The Morgan fingerprint density at radius 3 is 2.52 bits per heavy atom. The number of aromatic nitrogens is 2. The molecule has 4 rings (SSSR count). The van der Waals surface area contributed by atoms with E-state index in [1.54, 1.807) is 0 Å². The summed E-state index contributed by atoms with van der Waals surface area (Å²) >= 11 is 0. The van der Waals surface area contributed by atoms with Crippen LogP contribution in [0.3, 0.4) is 0 Å². The number of aryl methyl sites for hydroxylation is 1. The van der Waals surface area contributed by atoms with Gasteiger partial charge in [0.1, 0.15) is 11.9 Å². The van der Waals surface area contributed by atoms with Gasteiger partial charge in [0.25, 0.3) is 0 Å². The molecule has 0 bridgehead atoms. The summed E-state index contributed by atoms with van der Waals surface area (Å²) in [5, 5.41) is 3.54. The second-order valence-electron chi connectivity index (χ2n) is 7.05. The number of hydrogen-bond acceptors (Lipinski definition) is 3. The number of rotatable bonds is 0. The van der Waals surface area contributed by atoms with Crippen LogP contribution in [-0.4, -0.2) is 21.7 Å². The van der Waals surface area contributed by atoms with Gasteiger partial charge in [0.05, 0.1) is 5.95 Å². The van der Waals surface area contributed by atoms with E-state index in [-0.39, 0.29) is 6.10 Å². The van der Waals surface area contributed by atoms with Gasteiger partial charge >= 0.3 is 0 Å². The van der Waals surface area contributed by atoms with E-state index in [2.05, 4.69) is 58.0 Å². The van der Waals surface area contributed by atoms with Gasteiger partial charge in [-0.05, 0) is 55.8 Å². The van der Waals surface area contributed by atoms with Crippen molar-refractivity contribution >= 4 is 17.0 Å². The van der Waals surface area contributed by atoms with Crippen molar-refractivity contribution in [3.8, 4) is 5.75 Å². The largest absolute Gasteiger partial charge is 0.491 e. The Kier molecular flexibility index (Phi) is 3.00. The molecule has 0 saturated heterocycles. The smallest absolute Gasteiger partial charge is 0.116 e. The fourth-order valence-corrected chi connectivity index (χ4v) is 3.65. The Bertz CT molecular complexity index is 783. The Morgan fingerprint density at radius 1 is 1.13 bits per heavy atom. The Balaban J connectivity index is 0.00000156. The number of benzene rings is 1. The zero-order chi connectivity index (χ0) is 15.8. The third-order valence-corrected chi connectivity index (χ3v) is 5.66. The molecule has 4 nitrogen and oxygen atoms in total. The van der Waals surface area contributed by atoms with Gasteiger partial charge in [0.15, 0.2) is 0 Å². The summed E-state index contributed by atoms with van der Waals surface area (Å²) in [5.41, 5.74) is 6.13. The van der Waals surface area contributed by atoms with Crippen LogP contribution in [0, 0.1) is 26.3 Å². The van der Waals surface area contributed by atoms with E-state index in [0.29, 0.717) is 17.9 Å². The standard InChI is InChI=1S/C18H24N3O.Rf/c1-8-7-21-16-14-11(4)13(6)22-17(14)10(3)9(2)15(16)20-18(21)19-12(8)5;/h7-8,11-13H,1-6H3,(H,19,20);/q-1;. The van der Waals surface area contributed by atoms with Crippen LogP contribution in [-0.2, 0) is 0 Å². The van der Waals surface area contributed by atoms with E-state index >= 15 is 0 Å². The molecule has 1 aromatic heterocycles. The van der Waals surface area contributed by atoms with Gasteiger partial charge in [-0.3, -0.25) is 4.98 Å². The minimum Gasteiger partial charge on any atom is -0.491 e. The molecule has 2 aromatic rings. The Labute approximate surface area is 131 Å². The molecule has 0 fully saturated rings. The second-order valence-corrected chi connectivity index (χ2v) is 7.05. The number of ether oxygens (including phenoxy) is 1. The van der Waals surface area contributed by atoms with Crippen molar-refractivity contribution in [2.24, 2.45) is 5.92 Å². The molecule has 0 amide bonds. The number of fused-ring (bicyclic) bond motifs is 5. The molecular formula is C18H24N3ORf-. The van der Waals surface area contributed by atoms with Crippen LogP contribution in [0.25, 0.3) is 11.0 Å². The third-order valence-electron chi connectivity index (χ3n) is 5.66. The van der Waals surface area contributed by atoms with Crippen molar-refractivity contribution in [1.29, 1.82) is 0 Å². The molecular weight excluding hydrogens is 541 g/mol. The Hall–Kier alpha value is -2.84. The van der Waals surface area contributed by atoms with Gasteiger partial charge in [-0.2, -0.15) is 0 Å². The molecule has 1 aromatic carbocycles. The number of nitrogens with zero attached hydrogens (tertiary/aromatic N) is 2. The fourth-order valence-electron chi connectivity index (χ4n) is 3.65. The van der Waals surface area contributed by atoms with Crippen LogP contribution in [0.15, 0.2) is 0 Å². The summed E-state index contributed by atoms with van der Waals surface area (Å²) in [4.78, 5) is 4.90.